The third kappa shape index (κ3) is 3.60. The van der Waals surface area contributed by atoms with Crippen LogP contribution >= 0.6 is 11.3 Å². The molecule has 0 spiro atoms. The van der Waals surface area contributed by atoms with E-state index in [0.29, 0.717) is 5.65 Å². The molecule has 0 amide bonds. The number of nitrogens with two attached hydrogens (primary N) is 1. The first-order valence-corrected chi connectivity index (χ1v) is 9.44. The summed E-state index contributed by atoms with van der Waals surface area (Å²) >= 11 is 0.907. The first kappa shape index (κ1) is 17.3. The average molecular weight is 379 g/mol. The highest BCUT2D eigenvalue weighted by Crippen LogP contribution is 2.22. The Morgan fingerprint density at radius 2 is 2.12 bits per heavy atom. The lowest BCUT2D eigenvalue weighted by molar-refractivity contribution is 0.0469. The van der Waals surface area contributed by atoms with E-state index in [4.69, 9.17) is 9.88 Å². The van der Waals surface area contributed by atoms with Crippen molar-refractivity contribution in [3.05, 3.63) is 62.3 Å². The van der Waals surface area contributed by atoms with Gasteiger partial charge in [0.25, 0.3) is 5.56 Å². The number of aryl methyl sites for hydroxylation is 1. The molecule has 25 heavy (non-hydrogen) atoms. The van der Waals surface area contributed by atoms with Crippen molar-refractivity contribution in [1.29, 1.82) is 0 Å². The van der Waals surface area contributed by atoms with E-state index < -0.39 is 16.0 Å². The molecule has 3 aromatic rings. The molecule has 0 aromatic carbocycles. The van der Waals surface area contributed by atoms with Crippen molar-refractivity contribution >= 4 is 33.0 Å². The Morgan fingerprint density at radius 3 is 2.84 bits per heavy atom. The first-order valence-electron chi connectivity index (χ1n) is 7.02. The predicted octanol–water partition coefficient (Wildman–Crippen LogP) is 1.07. The number of esters is 1. The zero-order chi connectivity index (χ0) is 18.2. The fourth-order valence-electron chi connectivity index (χ4n) is 2.21. The molecule has 3 rings (SSSR count). The van der Waals surface area contributed by atoms with Crippen LogP contribution in [0.15, 0.2) is 45.5 Å². The maximum atomic E-state index is 12.1. The van der Waals surface area contributed by atoms with Gasteiger partial charge in [0.05, 0.1) is 5.69 Å². The Hall–Kier alpha value is -2.56. The summed E-state index contributed by atoms with van der Waals surface area (Å²) in [5.41, 5.74) is 1.28. The number of rotatable bonds is 4. The van der Waals surface area contributed by atoms with Gasteiger partial charge in [0.1, 0.15) is 22.0 Å². The Morgan fingerprint density at radius 1 is 1.36 bits per heavy atom. The zero-order valence-corrected chi connectivity index (χ0v) is 14.6. The molecule has 0 atom stereocenters. The number of carbonyl (C=O) groups is 1. The van der Waals surface area contributed by atoms with E-state index in [1.807, 2.05) is 13.0 Å². The molecule has 0 saturated carbocycles. The van der Waals surface area contributed by atoms with Crippen LogP contribution in [0.4, 0.5) is 0 Å². The van der Waals surface area contributed by atoms with E-state index >= 15 is 0 Å². The van der Waals surface area contributed by atoms with Gasteiger partial charge >= 0.3 is 5.97 Å². The normalized spacial score (nSPS) is 11.6. The summed E-state index contributed by atoms with van der Waals surface area (Å²) in [6, 6.07) is 5.98. The van der Waals surface area contributed by atoms with Crippen molar-refractivity contribution < 1.29 is 17.9 Å². The summed E-state index contributed by atoms with van der Waals surface area (Å²) in [4.78, 5) is 28.0. The summed E-state index contributed by atoms with van der Waals surface area (Å²) in [5.74, 6) is -0.843. The van der Waals surface area contributed by atoms with Crippen molar-refractivity contribution in [3.63, 3.8) is 0 Å². The van der Waals surface area contributed by atoms with Crippen molar-refractivity contribution in [2.24, 2.45) is 5.14 Å². The Balaban J connectivity index is 1.84. The number of primary sulfonamides is 1. The predicted molar refractivity (Wildman–Crippen MR) is 91.0 cm³/mol. The lowest BCUT2D eigenvalue weighted by Crippen LogP contribution is -2.18. The molecule has 0 bridgehead atoms. The van der Waals surface area contributed by atoms with Crippen LogP contribution in [0, 0.1) is 6.92 Å². The number of aromatic nitrogens is 2. The van der Waals surface area contributed by atoms with Gasteiger partial charge < -0.3 is 4.74 Å². The minimum absolute atomic E-state index is 0.115. The van der Waals surface area contributed by atoms with E-state index in [-0.39, 0.29) is 27.6 Å². The fourth-order valence-corrected chi connectivity index (χ4v) is 4.07. The maximum absolute atomic E-state index is 12.1. The minimum Gasteiger partial charge on any atom is -0.455 e. The van der Waals surface area contributed by atoms with Gasteiger partial charge in [-0.1, -0.05) is 6.07 Å². The van der Waals surface area contributed by atoms with Crippen LogP contribution in [0.25, 0.3) is 5.65 Å². The largest absolute Gasteiger partial charge is 0.455 e. The Kier molecular flexibility index (Phi) is 4.41. The van der Waals surface area contributed by atoms with E-state index in [1.54, 1.807) is 12.3 Å². The lowest BCUT2D eigenvalue weighted by Gasteiger charge is -2.06. The smallest absolute Gasteiger partial charge is 0.350 e. The molecule has 0 aliphatic rings. The zero-order valence-electron chi connectivity index (χ0n) is 13.0. The third-order valence-electron chi connectivity index (χ3n) is 3.33. The number of sulfonamides is 1. The molecule has 2 N–H and O–H groups in total. The number of carbonyl (C=O) groups excluding carboxylic acids is 1. The molecule has 0 aliphatic heterocycles. The highest BCUT2D eigenvalue weighted by atomic mass is 32.2. The van der Waals surface area contributed by atoms with Crippen LogP contribution in [-0.4, -0.2) is 23.8 Å². The summed E-state index contributed by atoms with van der Waals surface area (Å²) in [5, 5.41) is 6.49. The molecule has 10 heteroatoms. The number of fused-ring (bicyclic) bond motifs is 1. The topological polar surface area (TPSA) is 121 Å². The monoisotopic (exact) mass is 379 g/mol. The van der Waals surface area contributed by atoms with Crippen molar-refractivity contribution in [3.8, 4) is 0 Å². The van der Waals surface area contributed by atoms with Crippen LogP contribution in [-0.2, 0) is 21.4 Å². The second kappa shape index (κ2) is 6.39. The van der Waals surface area contributed by atoms with Crippen LogP contribution < -0.4 is 10.7 Å². The van der Waals surface area contributed by atoms with Crippen molar-refractivity contribution in [2.45, 2.75) is 18.4 Å². The first-order chi connectivity index (χ1) is 11.8. The molecule has 8 nitrogen and oxygen atoms in total. The van der Waals surface area contributed by atoms with Gasteiger partial charge in [-0.2, -0.15) is 0 Å². The van der Waals surface area contributed by atoms with Gasteiger partial charge in [-0.25, -0.2) is 23.3 Å². The van der Waals surface area contributed by atoms with E-state index in [9.17, 15) is 18.0 Å². The summed E-state index contributed by atoms with van der Waals surface area (Å²) < 4.78 is 29.3. The van der Waals surface area contributed by atoms with Crippen molar-refractivity contribution in [2.75, 3.05) is 0 Å². The molecule has 3 aromatic heterocycles. The minimum atomic E-state index is -4.02. The second-order valence-electron chi connectivity index (χ2n) is 5.26. The molecule has 3 heterocycles. The van der Waals surface area contributed by atoms with Gasteiger partial charge in [-0.15, -0.1) is 11.3 Å². The fraction of sp³-hybridized carbons (Fsp3) is 0.133. The van der Waals surface area contributed by atoms with Gasteiger partial charge in [0, 0.05) is 12.3 Å². The maximum Gasteiger partial charge on any atom is 0.350 e. The van der Waals surface area contributed by atoms with Crippen LogP contribution in [0.1, 0.15) is 20.9 Å². The molecule has 0 unspecified atom stereocenters. The number of hydrogen-bond donors (Lipinski definition) is 1. The van der Waals surface area contributed by atoms with Gasteiger partial charge in [-0.3, -0.25) is 9.20 Å². The SMILES string of the molecule is Cc1ccc2nc(COC(=O)c3sccc3S(N)(=O)=O)cc(=O)n2c1. The number of hydrogen-bond acceptors (Lipinski definition) is 7. The van der Waals surface area contributed by atoms with Gasteiger partial charge in [0.15, 0.2) is 0 Å². The third-order valence-corrected chi connectivity index (χ3v) is 5.31. The van der Waals surface area contributed by atoms with Crippen LogP contribution in [0.2, 0.25) is 0 Å². The number of nitrogens with zero attached hydrogens (tertiary/aromatic N) is 2. The summed E-state index contributed by atoms with van der Waals surface area (Å²) in [6.45, 7) is 1.59. The molecular formula is C15H13N3O5S2. The van der Waals surface area contributed by atoms with E-state index in [1.165, 1.54) is 21.9 Å². The Bertz CT molecular complexity index is 1130. The summed E-state index contributed by atoms with van der Waals surface area (Å²) in [6.07, 6.45) is 1.66. The molecule has 0 radical (unpaired) electrons. The van der Waals surface area contributed by atoms with E-state index in [2.05, 4.69) is 4.98 Å². The molecule has 0 aliphatic carbocycles. The molecular weight excluding hydrogens is 366 g/mol. The van der Waals surface area contributed by atoms with Gasteiger partial charge in [-0.05, 0) is 30.0 Å². The molecule has 0 fully saturated rings. The number of thiophene rings is 1. The van der Waals surface area contributed by atoms with Crippen molar-refractivity contribution in [1.82, 2.24) is 9.38 Å². The van der Waals surface area contributed by atoms with Gasteiger partial charge in [0.2, 0.25) is 10.0 Å². The Labute approximate surface area is 146 Å². The molecule has 0 saturated heterocycles. The van der Waals surface area contributed by atoms with E-state index in [0.717, 1.165) is 16.9 Å². The number of ether oxygens (including phenoxy) is 1. The quantitative estimate of drug-likeness (QED) is 0.677. The standard InChI is InChI=1S/C15H13N3O5S2/c1-9-2-3-12-17-10(6-13(19)18(12)7-9)8-23-15(20)14-11(4-5-24-14)25(16,21)22/h2-7H,8H2,1H3,(H2,16,21,22). The lowest BCUT2D eigenvalue weighted by atomic mass is 10.3. The summed E-state index contributed by atoms with van der Waals surface area (Å²) in [7, 11) is -4.02. The molecule has 130 valence electrons. The second-order valence-corrected chi connectivity index (χ2v) is 7.70. The average Bonchev–Trinajstić information content (AvgIpc) is 3.03. The van der Waals surface area contributed by atoms with Crippen LogP contribution in [0.5, 0.6) is 0 Å². The highest BCUT2D eigenvalue weighted by molar-refractivity contribution is 7.89. The van der Waals surface area contributed by atoms with Crippen LogP contribution in [0.3, 0.4) is 0 Å². The number of pyridine rings is 1. The highest BCUT2D eigenvalue weighted by Gasteiger charge is 2.22.